The quantitative estimate of drug-likeness (QED) is 0.282. The van der Waals surface area contributed by atoms with E-state index in [4.69, 9.17) is 10.00 Å². The van der Waals surface area contributed by atoms with Gasteiger partial charge in [-0.2, -0.15) is 5.26 Å². The Balaban J connectivity index is 1.43. The molecule has 9 nitrogen and oxygen atoms in total. The molecule has 1 fully saturated rings. The van der Waals surface area contributed by atoms with Crippen molar-refractivity contribution < 1.29 is 23.1 Å². The van der Waals surface area contributed by atoms with E-state index in [0.29, 0.717) is 18.8 Å². The van der Waals surface area contributed by atoms with Crippen LogP contribution < -0.4 is 14.8 Å². The third kappa shape index (κ3) is 8.36. The number of aliphatic hydroxyl groups is 1. The number of hydrogen-bond acceptors (Lipinski definition) is 8. The van der Waals surface area contributed by atoms with Gasteiger partial charge >= 0.3 is 0 Å². The molecule has 1 aromatic heterocycles. The number of aliphatic hydroxyl groups excluding tert-OH is 1. The number of ether oxygens (including phenoxy) is 1. The lowest BCUT2D eigenvalue weighted by Gasteiger charge is -2.24. The largest absolute Gasteiger partial charge is 0.490 e. The number of sulfonamides is 1. The number of nitriles is 1. The van der Waals surface area contributed by atoms with Crippen molar-refractivity contribution >= 4 is 15.9 Å². The Kier molecular flexibility index (Phi) is 10.2. The zero-order chi connectivity index (χ0) is 28.4. The fraction of sp³-hybridized carbons (Fsp3) is 0.367. The average molecular weight is 563 g/mol. The van der Waals surface area contributed by atoms with Crippen molar-refractivity contribution in [3.63, 3.8) is 0 Å². The first-order chi connectivity index (χ1) is 19.3. The summed E-state index contributed by atoms with van der Waals surface area (Å²) in [5.41, 5.74) is 3.79. The number of nitrogens with zero attached hydrogens (tertiary/aromatic N) is 2. The van der Waals surface area contributed by atoms with Gasteiger partial charge in [-0.05, 0) is 73.5 Å². The van der Waals surface area contributed by atoms with Gasteiger partial charge in [0.15, 0.2) is 5.75 Å². The lowest BCUT2D eigenvalue weighted by atomic mass is 9.97. The van der Waals surface area contributed by atoms with E-state index >= 15 is 0 Å². The second kappa shape index (κ2) is 14.0. The molecule has 1 saturated carbocycles. The van der Waals surface area contributed by atoms with E-state index in [1.807, 2.05) is 35.1 Å². The van der Waals surface area contributed by atoms with Gasteiger partial charge in [-0.15, -0.1) is 0 Å². The van der Waals surface area contributed by atoms with Gasteiger partial charge in [-0.1, -0.05) is 42.8 Å². The average Bonchev–Trinajstić information content (AvgIpc) is 2.96. The SMILES string of the molecule is N#CCS(=O)(=O)NC(=O)c1ccc(-c2ccc(CCNC[C@H](O)c3cccnc3)cc2)cc1OC1CCCCC1. The Morgan fingerprint density at radius 2 is 1.85 bits per heavy atom. The van der Waals surface area contributed by atoms with Crippen molar-refractivity contribution in [2.45, 2.75) is 50.7 Å². The molecule has 1 heterocycles. The number of hydrogen-bond donors (Lipinski definition) is 3. The Hall–Kier alpha value is -3.78. The van der Waals surface area contributed by atoms with E-state index in [9.17, 15) is 18.3 Å². The molecule has 0 saturated heterocycles. The molecule has 1 aliphatic carbocycles. The second-order valence-electron chi connectivity index (χ2n) is 9.89. The van der Waals surface area contributed by atoms with Crippen LogP contribution in [0.4, 0.5) is 0 Å². The van der Waals surface area contributed by atoms with Crippen LogP contribution >= 0.6 is 0 Å². The molecule has 3 aromatic rings. The predicted octanol–water partition coefficient (Wildman–Crippen LogP) is 3.91. The zero-order valence-electron chi connectivity index (χ0n) is 22.3. The summed E-state index contributed by atoms with van der Waals surface area (Å²) in [5.74, 6) is -1.29. The molecular formula is C30H34N4O5S. The molecule has 1 amide bonds. The Morgan fingerprint density at radius 1 is 1.10 bits per heavy atom. The minimum Gasteiger partial charge on any atom is -0.490 e. The number of amides is 1. The molecule has 0 radical (unpaired) electrons. The lowest BCUT2D eigenvalue weighted by molar-refractivity contribution is 0.0969. The van der Waals surface area contributed by atoms with E-state index in [1.54, 1.807) is 42.7 Å². The maximum absolute atomic E-state index is 12.8. The highest BCUT2D eigenvalue weighted by Gasteiger charge is 2.23. The minimum absolute atomic E-state index is 0.0437. The van der Waals surface area contributed by atoms with Gasteiger partial charge in [-0.25, -0.2) is 13.1 Å². The number of nitrogens with one attached hydrogen (secondary N) is 2. The molecule has 0 bridgehead atoms. The van der Waals surface area contributed by atoms with Crippen LogP contribution in [0.25, 0.3) is 11.1 Å². The van der Waals surface area contributed by atoms with Gasteiger partial charge in [0.1, 0.15) is 5.75 Å². The fourth-order valence-corrected chi connectivity index (χ4v) is 5.33. The maximum Gasteiger partial charge on any atom is 0.268 e. The Labute approximate surface area is 235 Å². The minimum atomic E-state index is -4.06. The van der Waals surface area contributed by atoms with Crippen LogP contribution in [0.1, 0.15) is 59.7 Å². The summed E-state index contributed by atoms with van der Waals surface area (Å²) in [6, 6.07) is 18.4. The maximum atomic E-state index is 12.8. The summed E-state index contributed by atoms with van der Waals surface area (Å²) in [4.78, 5) is 16.9. The summed E-state index contributed by atoms with van der Waals surface area (Å²) in [5, 5.41) is 22.3. The van der Waals surface area contributed by atoms with Crippen LogP contribution in [0.3, 0.4) is 0 Å². The van der Waals surface area contributed by atoms with E-state index in [-0.39, 0.29) is 11.7 Å². The van der Waals surface area contributed by atoms with Gasteiger partial charge < -0.3 is 15.2 Å². The van der Waals surface area contributed by atoms with Crippen molar-refractivity contribution in [1.29, 1.82) is 5.26 Å². The highest BCUT2D eigenvalue weighted by Crippen LogP contribution is 2.31. The van der Waals surface area contributed by atoms with E-state index in [1.165, 1.54) is 0 Å². The number of aromatic nitrogens is 1. The molecule has 1 atom stereocenters. The molecule has 2 aromatic carbocycles. The van der Waals surface area contributed by atoms with Gasteiger partial charge in [0.25, 0.3) is 5.91 Å². The molecule has 3 N–H and O–H groups in total. The van der Waals surface area contributed by atoms with Crippen LogP contribution in [0, 0.1) is 11.3 Å². The van der Waals surface area contributed by atoms with Gasteiger partial charge in [0.05, 0.1) is 23.8 Å². The second-order valence-corrected chi connectivity index (χ2v) is 11.6. The van der Waals surface area contributed by atoms with Crippen molar-refractivity contribution in [3.05, 3.63) is 83.7 Å². The Morgan fingerprint density at radius 3 is 2.55 bits per heavy atom. The van der Waals surface area contributed by atoms with Crippen molar-refractivity contribution in [2.75, 3.05) is 18.8 Å². The van der Waals surface area contributed by atoms with Gasteiger partial charge in [0, 0.05) is 24.5 Å². The monoisotopic (exact) mass is 562 g/mol. The van der Waals surface area contributed by atoms with Crippen molar-refractivity contribution in [2.24, 2.45) is 0 Å². The summed E-state index contributed by atoms with van der Waals surface area (Å²) >= 11 is 0. The molecule has 0 aliphatic heterocycles. The predicted molar refractivity (Wildman–Crippen MR) is 152 cm³/mol. The van der Waals surface area contributed by atoms with Crippen molar-refractivity contribution in [1.82, 2.24) is 15.0 Å². The van der Waals surface area contributed by atoms with E-state index in [2.05, 4.69) is 10.3 Å². The summed E-state index contributed by atoms with van der Waals surface area (Å²) in [6.07, 6.45) is 8.44. The third-order valence-electron chi connectivity index (χ3n) is 6.86. The van der Waals surface area contributed by atoms with Crippen LogP contribution in [0.2, 0.25) is 0 Å². The number of rotatable bonds is 12. The molecule has 0 unspecified atom stereocenters. The zero-order valence-corrected chi connectivity index (χ0v) is 23.1. The van der Waals surface area contributed by atoms with Crippen molar-refractivity contribution in [3.8, 4) is 22.9 Å². The number of benzene rings is 2. The summed E-state index contributed by atoms with van der Waals surface area (Å²) in [7, 11) is -4.06. The standard InChI is InChI=1S/C30H34N4O5S/c31-15-18-40(37,38)34-30(36)27-13-12-24(19-29(27)39-26-6-2-1-3-7-26)23-10-8-22(9-11-23)14-17-33-21-28(35)25-5-4-16-32-20-25/h4-5,8-13,16,19-20,26,28,33,35H,1-3,6-7,14,17-18,21H2,(H,34,36)/t28-/m0/s1. The molecule has 10 heteroatoms. The number of carbonyl (C=O) groups is 1. The van der Waals surface area contributed by atoms with Crippen LogP contribution in [-0.4, -0.2) is 49.4 Å². The highest BCUT2D eigenvalue weighted by molar-refractivity contribution is 7.90. The van der Waals surface area contributed by atoms with Crippen LogP contribution in [-0.2, 0) is 16.4 Å². The molecule has 1 aliphatic rings. The summed E-state index contributed by atoms with van der Waals surface area (Å²) in [6.45, 7) is 1.14. The first-order valence-corrected chi connectivity index (χ1v) is 15.1. The number of carbonyl (C=O) groups excluding carboxylic acids is 1. The fourth-order valence-electron chi connectivity index (χ4n) is 4.69. The molecule has 4 rings (SSSR count). The van der Waals surface area contributed by atoms with Gasteiger partial charge in [0.2, 0.25) is 10.0 Å². The first kappa shape index (κ1) is 29.2. The molecule has 40 heavy (non-hydrogen) atoms. The first-order valence-electron chi connectivity index (χ1n) is 13.4. The van der Waals surface area contributed by atoms with E-state index in [0.717, 1.165) is 60.8 Å². The van der Waals surface area contributed by atoms with Crippen LogP contribution in [0.15, 0.2) is 67.0 Å². The smallest absolute Gasteiger partial charge is 0.268 e. The Bertz CT molecular complexity index is 1420. The lowest BCUT2D eigenvalue weighted by Crippen LogP contribution is -2.32. The molecule has 0 spiro atoms. The van der Waals surface area contributed by atoms with Gasteiger partial charge in [-0.3, -0.25) is 9.78 Å². The number of pyridine rings is 1. The van der Waals surface area contributed by atoms with E-state index < -0.39 is 27.8 Å². The van der Waals surface area contributed by atoms with Crippen LogP contribution in [0.5, 0.6) is 5.75 Å². The third-order valence-corrected chi connectivity index (χ3v) is 7.86. The normalized spacial score (nSPS) is 14.7. The summed E-state index contributed by atoms with van der Waals surface area (Å²) < 4.78 is 32.2. The highest BCUT2D eigenvalue weighted by atomic mass is 32.2. The topological polar surface area (TPSA) is 141 Å². The molecule has 210 valence electrons. The molecular weight excluding hydrogens is 528 g/mol.